The molecule has 7 heteroatoms. The zero-order chi connectivity index (χ0) is 17.1. The number of aryl methyl sites for hydroxylation is 1. The van der Waals surface area contributed by atoms with Crippen molar-refractivity contribution in [2.75, 3.05) is 18.0 Å². The molecule has 3 rings (SSSR count). The fourth-order valence-electron chi connectivity index (χ4n) is 3.00. The highest BCUT2D eigenvalue weighted by atomic mass is 35.5. The topological polar surface area (TPSA) is 58.4 Å². The minimum absolute atomic E-state index is 0. The van der Waals surface area contributed by atoms with Gasteiger partial charge in [0.1, 0.15) is 6.04 Å². The highest BCUT2D eigenvalue weighted by Gasteiger charge is 2.26. The van der Waals surface area contributed by atoms with Gasteiger partial charge >= 0.3 is 0 Å². The van der Waals surface area contributed by atoms with Crippen molar-refractivity contribution in [3.8, 4) is 0 Å². The Morgan fingerprint density at radius 3 is 2.58 bits per heavy atom. The molecule has 0 aliphatic carbocycles. The molecule has 0 saturated carbocycles. The van der Waals surface area contributed by atoms with Gasteiger partial charge in [-0.05, 0) is 37.1 Å². The molecule has 1 saturated heterocycles. The second-order valence-electron chi connectivity index (χ2n) is 6.31. The van der Waals surface area contributed by atoms with E-state index in [4.69, 9.17) is 17.3 Å². The normalized spacial score (nSPS) is 17.0. The summed E-state index contributed by atoms with van der Waals surface area (Å²) in [5.41, 5.74) is 9.16. The number of nitrogens with two attached hydrogens (primary N) is 1. The predicted molar refractivity (Wildman–Crippen MR) is 113 cm³/mol. The van der Waals surface area contributed by atoms with Crippen LogP contribution in [0.25, 0.3) is 0 Å². The van der Waals surface area contributed by atoms with Crippen molar-refractivity contribution < 1.29 is 4.79 Å². The summed E-state index contributed by atoms with van der Waals surface area (Å²) in [5.74, 6) is -0.128. The highest BCUT2D eigenvalue weighted by Crippen LogP contribution is 2.23. The largest absolute Gasteiger partial charge is 0.369 e. The van der Waals surface area contributed by atoms with E-state index in [1.807, 2.05) is 55.5 Å². The Bertz CT molecular complexity index is 724. The molecule has 26 heavy (non-hydrogen) atoms. The quantitative estimate of drug-likeness (QED) is 0.795. The molecule has 3 N–H and O–H groups in total. The average Bonchev–Trinajstić information content (AvgIpc) is 3.03. The van der Waals surface area contributed by atoms with E-state index in [-0.39, 0.29) is 36.8 Å². The molecular formula is C19H24Cl3N3O. The first-order chi connectivity index (χ1) is 11.5. The zero-order valence-corrected chi connectivity index (χ0v) is 16.9. The van der Waals surface area contributed by atoms with E-state index in [0.29, 0.717) is 0 Å². The number of nitrogens with one attached hydrogen (secondary N) is 1. The summed E-state index contributed by atoms with van der Waals surface area (Å²) in [4.78, 5) is 14.6. The number of rotatable bonds is 4. The Kier molecular flexibility index (Phi) is 8.71. The van der Waals surface area contributed by atoms with Gasteiger partial charge in [-0.3, -0.25) is 4.79 Å². The van der Waals surface area contributed by atoms with Gasteiger partial charge in [0.05, 0.1) is 0 Å². The van der Waals surface area contributed by atoms with Crippen molar-refractivity contribution in [2.24, 2.45) is 5.73 Å². The average molecular weight is 417 g/mol. The summed E-state index contributed by atoms with van der Waals surface area (Å²) in [7, 11) is 0. The maximum absolute atomic E-state index is 12.4. The minimum Gasteiger partial charge on any atom is -0.369 e. The molecule has 4 nitrogen and oxygen atoms in total. The Labute approximate surface area is 171 Å². The fraction of sp³-hybridized carbons (Fsp3) is 0.316. The Balaban J connectivity index is 0.00000169. The molecule has 1 aliphatic heterocycles. The van der Waals surface area contributed by atoms with E-state index in [2.05, 4.69) is 10.2 Å². The summed E-state index contributed by atoms with van der Waals surface area (Å²) in [5, 5.41) is 3.79. The number of amides is 1. The second kappa shape index (κ2) is 10.0. The van der Waals surface area contributed by atoms with Crippen molar-refractivity contribution in [3.05, 3.63) is 64.7 Å². The third-order valence-electron chi connectivity index (χ3n) is 4.43. The first-order valence-corrected chi connectivity index (χ1v) is 8.54. The molecule has 1 aliphatic rings. The van der Waals surface area contributed by atoms with E-state index < -0.39 is 6.04 Å². The first kappa shape index (κ1) is 22.6. The van der Waals surface area contributed by atoms with Crippen LogP contribution >= 0.6 is 36.4 Å². The van der Waals surface area contributed by atoms with Gasteiger partial charge in [-0.2, -0.15) is 0 Å². The molecule has 0 aromatic heterocycles. The molecule has 1 heterocycles. The number of benzene rings is 2. The molecule has 0 radical (unpaired) electrons. The smallest absolute Gasteiger partial charge is 0.241 e. The lowest BCUT2D eigenvalue weighted by Crippen LogP contribution is -2.42. The molecule has 0 bridgehead atoms. The number of hydrogen-bond donors (Lipinski definition) is 2. The van der Waals surface area contributed by atoms with Crippen molar-refractivity contribution in [1.82, 2.24) is 5.32 Å². The van der Waals surface area contributed by atoms with Crippen molar-refractivity contribution in [1.29, 1.82) is 0 Å². The number of nitrogens with zero attached hydrogens (tertiary/aromatic N) is 1. The molecule has 1 fully saturated rings. The number of carbonyl (C=O) groups excluding carboxylic acids is 1. The van der Waals surface area contributed by atoms with Crippen LogP contribution in [0.3, 0.4) is 0 Å². The molecule has 2 aromatic carbocycles. The minimum atomic E-state index is -0.634. The number of anilines is 1. The third kappa shape index (κ3) is 5.52. The number of halogens is 3. The molecule has 1 amide bonds. The van der Waals surface area contributed by atoms with E-state index in [1.165, 1.54) is 0 Å². The van der Waals surface area contributed by atoms with E-state index >= 15 is 0 Å². The van der Waals surface area contributed by atoms with E-state index in [1.54, 1.807) is 0 Å². The number of hydrogen-bond acceptors (Lipinski definition) is 3. The predicted octanol–water partition coefficient (Wildman–Crippen LogP) is 3.89. The maximum atomic E-state index is 12.4. The standard InChI is InChI=1S/C19H22ClN3O.2ClH/c1-13-5-7-14(8-6-13)18(21)19(24)22-16-9-10-23(12-16)17-4-2-3-15(20)11-17;;/h2-8,11,16,18H,9-10,12,21H2,1H3,(H,22,24);2*1H. The summed E-state index contributed by atoms with van der Waals surface area (Å²) in [6.07, 6.45) is 0.902. The van der Waals surface area contributed by atoms with Gasteiger partial charge in [0.2, 0.25) is 5.91 Å². The Morgan fingerprint density at radius 1 is 1.23 bits per heavy atom. The molecule has 2 aromatic rings. The molecule has 2 atom stereocenters. The van der Waals surface area contributed by atoms with Gasteiger partial charge < -0.3 is 16.0 Å². The van der Waals surface area contributed by atoms with Crippen LogP contribution < -0.4 is 16.0 Å². The van der Waals surface area contributed by atoms with Crippen LogP contribution in [0.4, 0.5) is 5.69 Å². The molecular weight excluding hydrogens is 393 g/mol. The molecule has 0 spiro atoms. The van der Waals surface area contributed by atoms with Gasteiger partial charge in [0.25, 0.3) is 0 Å². The van der Waals surface area contributed by atoms with Crippen LogP contribution in [0.1, 0.15) is 23.6 Å². The summed E-state index contributed by atoms with van der Waals surface area (Å²) in [6, 6.07) is 15.0. The van der Waals surface area contributed by atoms with Crippen LogP contribution in [0.2, 0.25) is 5.02 Å². The lowest BCUT2D eigenvalue weighted by molar-refractivity contribution is -0.123. The first-order valence-electron chi connectivity index (χ1n) is 8.16. The monoisotopic (exact) mass is 415 g/mol. The van der Waals surface area contributed by atoms with Crippen LogP contribution in [0.5, 0.6) is 0 Å². The maximum Gasteiger partial charge on any atom is 0.241 e. The lowest BCUT2D eigenvalue weighted by atomic mass is 10.0. The highest BCUT2D eigenvalue weighted by molar-refractivity contribution is 6.30. The van der Waals surface area contributed by atoms with Crippen LogP contribution in [-0.4, -0.2) is 25.0 Å². The van der Waals surface area contributed by atoms with Crippen LogP contribution in [-0.2, 0) is 4.79 Å². The van der Waals surface area contributed by atoms with Gasteiger partial charge in [-0.15, -0.1) is 24.8 Å². The van der Waals surface area contributed by atoms with E-state index in [9.17, 15) is 4.79 Å². The SMILES string of the molecule is Cc1ccc(C(N)C(=O)NC2CCN(c3cccc(Cl)c3)C2)cc1.Cl.Cl. The van der Waals surface area contributed by atoms with Crippen molar-refractivity contribution in [3.63, 3.8) is 0 Å². The van der Waals surface area contributed by atoms with E-state index in [0.717, 1.165) is 41.3 Å². The van der Waals surface area contributed by atoms with Crippen molar-refractivity contribution >= 4 is 48.0 Å². The third-order valence-corrected chi connectivity index (χ3v) is 4.66. The molecule has 2 unspecified atom stereocenters. The fourth-order valence-corrected chi connectivity index (χ4v) is 3.19. The number of carbonyl (C=O) groups is 1. The summed E-state index contributed by atoms with van der Waals surface area (Å²) in [6.45, 7) is 3.68. The van der Waals surface area contributed by atoms with Gasteiger partial charge in [-0.25, -0.2) is 0 Å². The lowest BCUT2D eigenvalue weighted by Gasteiger charge is -2.20. The Hall–Kier alpha value is -1.46. The summed E-state index contributed by atoms with van der Waals surface area (Å²) < 4.78 is 0. The van der Waals surface area contributed by atoms with Crippen LogP contribution in [0, 0.1) is 6.92 Å². The van der Waals surface area contributed by atoms with Gasteiger partial charge in [0.15, 0.2) is 0 Å². The van der Waals surface area contributed by atoms with Crippen molar-refractivity contribution in [2.45, 2.75) is 25.4 Å². The van der Waals surface area contributed by atoms with Gasteiger partial charge in [-0.1, -0.05) is 47.5 Å². The second-order valence-corrected chi connectivity index (χ2v) is 6.74. The summed E-state index contributed by atoms with van der Waals surface area (Å²) >= 11 is 6.05. The Morgan fingerprint density at radius 2 is 1.92 bits per heavy atom. The zero-order valence-electron chi connectivity index (χ0n) is 14.5. The molecule has 142 valence electrons. The van der Waals surface area contributed by atoms with Crippen LogP contribution in [0.15, 0.2) is 48.5 Å². The van der Waals surface area contributed by atoms with Gasteiger partial charge in [0, 0.05) is 29.8 Å².